The molecular formula is C11H20O. The highest BCUT2D eigenvalue weighted by atomic mass is 16.1. The molecule has 0 aliphatic rings. The standard InChI is InChI=1S/C6H10.C5H10O/c1-4-6(3)5-2;1-3-5(2)4-6/h4H,1,3,5H2,2H3;4-5H,3H2,1-2H3. The molecule has 0 heterocycles. The Hall–Kier alpha value is -0.850. The van der Waals surface area contributed by atoms with E-state index < -0.39 is 0 Å². The summed E-state index contributed by atoms with van der Waals surface area (Å²) < 4.78 is 0. The van der Waals surface area contributed by atoms with Gasteiger partial charge in [-0.1, -0.05) is 45.6 Å². The van der Waals surface area contributed by atoms with Crippen LogP contribution in [0.15, 0.2) is 24.8 Å². The average Bonchev–Trinajstić information content (AvgIpc) is 2.16. The first-order chi connectivity index (χ1) is 5.62. The van der Waals surface area contributed by atoms with Crippen LogP contribution in [-0.2, 0) is 4.79 Å². The summed E-state index contributed by atoms with van der Waals surface area (Å²) >= 11 is 0. The topological polar surface area (TPSA) is 17.1 Å². The first-order valence-corrected chi connectivity index (χ1v) is 4.37. The Balaban J connectivity index is 0. The van der Waals surface area contributed by atoms with Gasteiger partial charge in [0.2, 0.25) is 0 Å². The molecular weight excluding hydrogens is 148 g/mol. The minimum atomic E-state index is 0.255. The summed E-state index contributed by atoms with van der Waals surface area (Å²) in [5.74, 6) is 0.255. The Morgan fingerprint density at radius 1 is 1.50 bits per heavy atom. The molecule has 0 saturated heterocycles. The maximum atomic E-state index is 9.74. The van der Waals surface area contributed by atoms with E-state index in [0.29, 0.717) is 0 Å². The van der Waals surface area contributed by atoms with Crippen molar-refractivity contribution in [2.45, 2.75) is 33.6 Å². The Kier molecular flexibility index (Phi) is 11.6. The van der Waals surface area contributed by atoms with Crippen molar-refractivity contribution in [2.24, 2.45) is 5.92 Å². The van der Waals surface area contributed by atoms with Gasteiger partial charge in [0.15, 0.2) is 0 Å². The molecule has 0 aromatic carbocycles. The van der Waals surface area contributed by atoms with Gasteiger partial charge in [0.1, 0.15) is 6.29 Å². The minimum Gasteiger partial charge on any atom is -0.303 e. The van der Waals surface area contributed by atoms with Crippen molar-refractivity contribution < 1.29 is 4.79 Å². The largest absolute Gasteiger partial charge is 0.303 e. The number of rotatable bonds is 4. The number of allylic oxidation sites excluding steroid dienone is 2. The monoisotopic (exact) mass is 168 g/mol. The zero-order chi connectivity index (χ0) is 9.98. The van der Waals surface area contributed by atoms with Gasteiger partial charge < -0.3 is 4.79 Å². The van der Waals surface area contributed by atoms with Gasteiger partial charge >= 0.3 is 0 Å². The average molecular weight is 168 g/mol. The molecule has 0 amide bonds. The van der Waals surface area contributed by atoms with Gasteiger partial charge in [-0.3, -0.25) is 0 Å². The van der Waals surface area contributed by atoms with Crippen molar-refractivity contribution in [3.8, 4) is 0 Å². The fourth-order valence-corrected chi connectivity index (χ4v) is 0.241. The molecule has 1 nitrogen and oxygen atoms in total. The van der Waals surface area contributed by atoms with E-state index in [9.17, 15) is 4.79 Å². The second-order valence-electron chi connectivity index (χ2n) is 2.74. The first kappa shape index (κ1) is 13.7. The zero-order valence-corrected chi connectivity index (χ0v) is 8.47. The van der Waals surface area contributed by atoms with Crippen LogP contribution in [0.3, 0.4) is 0 Å². The molecule has 0 spiro atoms. The van der Waals surface area contributed by atoms with Gasteiger partial charge in [0.25, 0.3) is 0 Å². The van der Waals surface area contributed by atoms with Crippen LogP contribution in [-0.4, -0.2) is 6.29 Å². The summed E-state index contributed by atoms with van der Waals surface area (Å²) in [7, 11) is 0. The van der Waals surface area contributed by atoms with Crippen molar-refractivity contribution in [3.63, 3.8) is 0 Å². The van der Waals surface area contributed by atoms with Gasteiger partial charge in [0, 0.05) is 5.92 Å². The van der Waals surface area contributed by atoms with Crippen molar-refractivity contribution in [1.82, 2.24) is 0 Å². The number of carbonyl (C=O) groups is 1. The van der Waals surface area contributed by atoms with Crippen molar-refractivity contribution in [2.75, 3.05) is 0 Å². The van der Waals surface area contributed by atoms with E-state index in [1.165, 1.54) is 0 Å². The number of hydrogen-bond donors (Lipinski definition) is 0. The number of carbonyl (C=O) groups excluding carboxylic acids is 1. The van der Waals surface area contributed by atoms with Crippen molar-refractivity contribution in [1.29, 1.82) is 0 Å². The van der Waals surface area contributed by atoms with Crippen LogP contribution in [0.4, 0.5) is 0 Å². The van der Waals surface area contributed by atoms with E-state index in [0.717, 1.165) is 24.7 Å². The zero-order valence-electron chi connectivity index (χ0n) is 8.47. The highest BCUT2D eigenvalue weighted by Gasteiger charge is 1.89. The van der Waals surface area contributed by atoms with Crippen LogP contribution in [0.2, 0.25) is 0 Å². The normalized spacial score (nSPS) is 10.6. The molecule has 0 aliphatic heterocycles. The lowest BCUT2D eigenvalue weighted by Gasteiger charge is -1.89. The van der Waals surface area contributed by atoms with Crippen LogP contribution >= 0.6 is 0 Å². The molecule has 0 aromatic rings. The molecule has 0 aromatic heterocycles. The smallest absolute Gasteiger partial charge is 0.122 e. The Morgan fingerprint density at radius 3 is 2.00 bits per heavy atom. The molecule has 1 unspecified atom stereocenters. The summed E-state index contributed by atoms with van der Waals surface area (Å²) in [5.41, 5.74) is 1.11. The Bertz CT molecular complexity index is 136. The molecule has 12 heavy (non-hydrogen) atoms. The first-order valence-electron chi connectivity index (χ1n) is 4.37. The summed E-state index contributed by atoms with van der Waals surface area (Å²) in [6.07, 6.45) is 4.73. The third-order valence-electron chi connectivity index (χ3n) is 1.62. The quantitative estimate of drug-likeness (QED) is 0.464. The van der Waals surface area contributed by atoms with Crippen LogP contribution in [0.25, 0.3) is 0 Å². The fraction of sp³-hybridized carbons (Fsp3) is 0.545. The third kappa shape index (κ3) is 11.9. The predicted octanol–water partition coefficient (Wildman–Crippen LogP) is 3.37. The van der Waals surface area contributed by atoms with Crippen molar-refractivity contribution in [3.05, 3.63) is 24.8 Å². The highest BCUT2D eigenvalue weighted by molar-refractivity contribution is 5.52. The summed E-state index contributed by atoms with van der Waals surface area (Å²) in [6, 6.07) is 0. The molecule has 1 atom stereocenters. The highest BCUT2D eigenvalue weighted by Crippen LogP contribution is 1.93. The van der Waals surface area contributed by atoms with Crippen molar-refractivity contribution >= 4 is 6.29 Å². The fourth-order valence-electron chi connectivity index (χ4n) is 0.241. The molecule has 70 valence electrons. The molecule has 0 bridgehead atoms. The van der Waals surface area contributed by atoms with Gasteiger partial charge in [-0.05, 0) is 12.8 Å². The minimum absolute atomic E-state index is 0.255. The molecule has 0 rings (SSSR count). The Labute approximate surface area is 76.2 Å². The van der Waals surface area contributed by atoms with Crippen LogP contribution in [0.5, 0.6) is 0 Å². The maximum Gasteiger partial charge on any atom is 0.122 e. The molecule has 0 fully saturated rings. The van der Waals surface area contributed by atoms with Gasteiger partial charge in [0.05, 0.1) is 0 Å². The molecule has 0 aliphatic carbocycles. The molecule has 0 radical (unpaired) electrons. The lowest BCUT2D eigenvalue weighted by Crippen LogP contribution is -1.89. The summed E-state index contributed by atoms with van der Waals surface area (Å²) in [5, 5.41) is 0. The maximum absolute atomic E-state index is 9.74. The van der Waals surface area contributed by atoms with Gasteiger partial charge in [-0.25, -0.2) is 0 Å². The summed E-state index contributed by atoms with van der Waals surface area (Å²) in [6.45, 7) is 13.2. The second-order valence-corrected chi connectivity index (χ2v) is 2.74. The van der Waals surface area contributed by atoms with Crippen LogP contribution in [0, 0.1) is 5.92 Å². The lowest BCUT2D eigenvalue weighted by atomic mass is 10.2. The van der Waals surface area contributed by atoms with Gasteiger partial charge in [-0.2, -0.15) is 0 Å². The third-order valence-corrected chi connectivity index (χ3v) is 1.62. The number of hydrogen-bond acceptors (Lipinski definition) is 1. The van der Waals surface area contributed by atoms with E-state index in [4.69, 9.17) is 0 Å². The van der Waals surface area contributed by atoms with E-state index in [2.05, 4.69) is 20.1 Å². The molecule has 1 heteroatoms. The van der Waals surface area contributed by atoms with Gasteiger partial charge in [-0.15, -0.1) is 0 Å². The predicted molar refractivity (Wildman–Crippen MR) is 55.1 cm³/mol. The summed E-state index contributed by atoms with van der Waals surface area (Å²) in [4.78, 5) is 9.74. The molecule has 0 N–H and O–H groups in total. The van der Waals surface area contributed by atoms with E-state index in [-0.39, 0.29) is 5.92 Å². The van der Waals surface area contributed by atoms with E-state index >= 15 is 0 Å². The SMILES string of the molecule is C=CC(=C)CC.CCC(C)C=O. The molecule has 0 saturated carbocycles. The van der Waals surface area contributed by atoms with E-state index in [1.807, 2.05) is 13.8 Å². The Morgan fingerprint density at radius 2 is 2.00 bits per heavy atom. The number of aldehydes is 1. The second kappa shape index (κ2) is 10.2. The lowest BCUT2D eigenvalue weighted by molar-refractivity contribution is -0.110. The van der Waals surface area contributed by atoms with E-state index in [1.54, 1.807) is 6.08 Å². The van der Waals surface area contributed by atoms with Crippen LogP contribution in [0.1, 0.15) is 33.6 Å². The van der Waals surface area contributed by atoms with Crippen LogP contribution < -0.4 is 0 Å².